The molecule has 0 atom stereocenters. The highest BCUT2D eigenvalue weighted by atomic mass is 16.5. The Morgan fingerprint density at radius 2 is 0.794 bits per heavy atom. The molecule has 4 rings (SSSR count). The largest absolute Gasteiger partial charge is 0.484 e. The van der Waals surface area contributed by atoms with E-state index in [0.29, 0.717) is 11.5 Å². The van der Waals surface area contributed by atoms with Crippen LogP contribution in [-0.2, 0) is 9.59 Å². The Morgan fingerprint density at radius 1 is 0.471 bits per heavy atom. The van der Waals surface area contributed by atoms with Crippen molar-refractivity contribution in [2.45, 2.75) is 0 Å². The van der Waals surface area contributed by atoms with E-state index in [1.807, 2.05) is 84.9 Å². The number of amides is 2. The summed E-state index contributed by atoms with van der Waals surface area (Å²) in [4.78, 5) is 23.9. The average Bonchev–Trinajstić information content (AvgIpc) is 2.91. The maximum atomic E-state index is 12.0. The molecule has 2 N–H and O–H groups in total. The molecule has 0 aliphatic carbocycles. The minimum atomic E-state index is -0.479. The number of carbonyl (C=O) groups excluding carboxylic acids is 2. The van der Waals surface area contributed by atoms with Crippen LogP contribution in [0.1, 0.15) is 0 Å². The predicted octanol–water partition coefficient (Wildman–Crippen LogP) is 4.63. The van der Waals surface area contributed by atoms with Gasteiger partial charge in [-0.05, 0) is 46.5 Å². The van der Waals surface area contributed by atoms with Gasteiger partial charge in [-0.25, -0.2) is 0 Å². The number of benzene rings is 4. The fourth-order valence-electron chi connectivity index (χ4n) is 3.26. The molecule has 0 unspecified atom stereocenters. The third kappa shape index (κ3) is 6.46. The number of ether oxygens (including phenoxy) is 2. The highest BCUT2D eigenvalue weighted by molar-refractivity contribution is 5.83. The van der Waals surface area contributed by atoms with Crippen molar-refractivity contribution in [2.24, 2.45) is 0 Å². The standard InChI is InChI=1S/C28H24N2O4/c31-27(19-33-25-15-11-23(12-16-25)21-7-3-1-4-8-21)29-30-28(32)20-34-26-17-13-24(14-18-26)22-9-5-2-6-10-22/h1-18H,19-20H2,(H,29,31)(H,30,32). The van der Waals surface area contributed by atoms with Gasteiger partial charge in [-0.15, -0.1) is 0 Å². The molecule has 0 aliphatic rings. The van der Waals surface area contributed by atoms with E-state index in [4.69, 9.17) is 9.47 Å². The second-order valence-corrected chi connectivity index (χ2v) is 7.45. The van der Waals surface area contributed by atoms with Gasteiger partial charge in [-0.2, -0.15) is 0 Å². The highest BCUT2D eigenvalue weighted by Crippen LogP contribution is 2.23. The molecule has 0 aromatic heterocycles. The van der Waals surface area contributed by atoms with E-state index in [1.165, 1.54) is 0 Å². The zero-order valence-electron chi connectivity index (χ0n) is 18.4. The van der Waals surface area contributed by atoms with E-state index < -0.39 is 11.8 Å². The van der Waals surface area contributed by atoms with Gasteiger partial charge in [0.2, 0.25) is 0 Å². The average molecular weight is 453 g/mol. The van der Waals surface area contributed by atoms with Crippen molar-refractivity contribution in [3.05, 3.63) is 109 Å². The molecule has 0 heterocycles. The molecule has 0 fully saturated rings. The fourth-order valence-corrected chi connectivity index (χ4v) is 3.26. The van der Waals surface area contributed by atoms with Crippen molar-refractivity contribution < 1.29 is 19.1 Å². The number of hydrogen-bond acceptors (Lipinski definition) is 4. The predicted molar refractivity (Wildman–Crippen MR) is 131 cm³/mol. The summed E-state index contributed by atoms with van der Waals surface area (Å²) in [6, 6.07) is 34.8. The molecule has 4 aromatic carbocycles. The second kappa shape index (κ2) is 11.3. The van der Waals surface area contributed by atoms with E-state index >= 15 is 0 Å². The lowest BCUT2D eigenvalue weighted by atomic mass is 10.1. The van der Waals surface area contributed by atoms with Crippen molar-refractivity contribution >= 4 is 11.8 Å². The lowest BCUT2D eigenvalue weighted by Gasteiger charge is -2.10. The first-order valence-electron chi connectivity index (χ1n) is 10.8. The summed E-state index contributed by atoms with van der Waals surface area (Å²) in [7, 11) is 0. The molecular formula is C28H24N2O4. The summed E-state index contributed by atoms with van der Waals surface area (Å²) in [6.07, 6.45) is 0. The summed E-state index contributed by atoms with van der Waals surface area (Å²) >= 11 is 0. The van der Waals surface area contributed by atoms with Crippen molar-refractivity contribution in [1.29, 1.82) is 0 Å². The minimum Gasteiger partial charge on any atom is -0.484 e. The van der Waals surface area contributed by atoms with E-state index in [1.54, 1.807) is 24.3 Å². The molecule has 4 aromatic rings. The van der Waals surface area contributed by atoms with Gasteiger partial charge in [0.1, 0.15) is 11.5 Å². The van der Waals surface area contributed by atoms with Crippen LogP contribution in [0.25, 0.3) is 22.3 Å². The van der Waals surface area contributed by atoms with E-state index in [-0.39, 0.29) is 13.2 Å². The molecule has 0 saturated heterocycles. The van der Waals surface area contributed by atoms with Gasteiger partial charge in [0.25, 0.3) is 11.8 Å². The van der Waals surface area contributed by atoms with Crippen molar-refractivity contribution in [1.82, 2.24) is 10.9 Å². The Labute approximate surface area is 198 Å². The second-order valence-electron chi connectivity index (χ2n) is 7.45. The highest BCUT2D eigenvalue weighted by Gasteiger charge is 2.07. The molecular weight excluding hydrogens is 428 g/mol. The fraction of sp³-hybridized carbons (Fsp3) is 0.0714. The molecule has 34 heavy (non-hydrogen) atoms. The summed E-state index contributed by atoms with van der Waals surface area (Å²) < 4.78 is 10.9. The summed E-state index contributed by atoms with van der Waals surface area (Å²) in [6.45, 7) is -0.459. The van der Waals surface area contributed by atoms with Crippen LogP contribution in [0.5, 0.6) is 11.5 Å². The van der Waals surface area contributed by atoms with Gasteiger partial charge < -0.3 is 9.47 Å². The van der Waals surface area contributed by atoms with Crippen LogP contribution in [0, 0.1) is 0 Å². The minimum absolute atomic E-state index is 0.229. The zero-order chi connectivity index (χ0) is 23.6. The number of rotatable bonds is 8. The Kier molecular flexibility index (Phi) is 7.54. The molecule has 170 valence electrons. The third-order valence-corrected chi connectivity index (χ3v) is 5.00. The van der Waals surface area contributed by atoms with Gasteiger partial charge in [0, 0.05) is 0 Å². The van der Waals surface area contributed by atoms with Crippen LogP contribution in [0.15, 0.2) is 109 Å². The van der Waals surface area contributed by atoms with Gasteiger partial charge >= 0.3 is 0 Å². The molecule has 0 saturated carbocycles. The monoisotopic (exact) mass is 452 g/mol. The molecule has 0 radical (unpaired) electrons. The van der Waals surface area contributed by atoms with Crippen LogP contribution < -0.4 is 20.3 Å². The summed E-state index contributed by atoms with van der Waals surface area (Å²) in [5, 5.41) is 0. The van der Waals surface area contributed by atoms with Crippen LogP contribution in [0.2, 0.25) is 0 Å². The molecule has 2 amide bonds. The summed E-state index contributed by atoms with van der Waals surface area (Å²) in [5.74, 6) is 0.160. The van der Waals surface area contributed by atoms with Gasteiger partial charge in [-0.1, -0.05) is 84.9 Å². The number of hydrazine groups is 1. The molecule has 0 bridgehead atoms. The van der Waals surface area contributed by atoms with E-state index in [9.17, 15) is 9.59 Å². The molecule has 0 spiro atoms. The number of nitrogens with one attached hydrogen (secondary N) is 2. The number of carbonyl (C=O) groups is 2. The van der Waals surface area contributed by atoms with E-state index in [2.05, 4.69) is 10.9 Å². The first-order chi connectivity index (χ1) is 16.7. The first kappa shape index (κ1) is 22.6. The van der Waals surface area contributed by atoms with Gasteiger partial charge in [-0.3, -0.25) is 20.4 Å². The molecule has 6 heteroatoms. The topological polar surface area (TPSA) is 76.7 Å². The zero-order valence-corrected chi connectivity index (χ0v) is 18.4. The first-order valence-corrected chi connectivity index (χ1v) is 10.8. The third-order valence-electron chi connectivity index (χ3n) is 5.00. The Morgan fingerprint density at radius 3 is 1.15 bits per heavy atom. The van der Waals surface area contributed by atoms with Crippen LogP contribution in [0.3, 0.4) is 0 Å². The lowest BCUT2D eigenvalue weighted by Crippen LogP contribution is -2.45. The lowest BCUT2D eigenvalue weighted by molar-refractivity contribution is -0.131. The molecule has 6 nitrogen and oxygen atoms in total. The van der Waals surface area contributed by atoms with Crippen molar-refractivity contribution in [3.63, 3.8) is 0 Å². The SMILES string of the molecule is O=C(COc1ccc(-c2ccccc2)cc1)NNC(=O)COc1ccc(-c2ccccc2)cc1. The number of hydrogen-bond donors (Lipinski definition) is 2. The van der Waals surface area contributed by atoms with Crippen LogP contribution in [-0.4, -0.2) is 25.0 Å². The van der Waals surface area contributed by atoms with E-state index in [0.717, 1.165) is 22.3 Å². The Hall–Kier alpha value is -4.58. The molecule has 0 aliphatic heterocycles. The Balaban J connectivity index is 1.16. The normalized spacial score (nSPS) is 10.2. The maximum Gasteiger partial charge on any atom is 0.276 e. The van der Waals surface area contributed by atoms with Gasteiger partial charge in [0.05, 0.1) is 0 Å². The van der Waals surface area contributed by atoms with Crippen molar-refractivity contribution in [3.8, 4) is 33.8 Å². The maximum absolute atomic E-state index is 12.0. The Bertz CT molecular complexity index is 1110. The van der Waals surface area contributed by atoms with Gasteiger partial charge in [0.15, 0.2) is 13.2 Å². The quantitative estimate of drug-likeness (QED) is 0.382. The van der Waals surface area contributed by atoms with Crippen molar-refractivity contribution in [2.75, 3.05) is 13.2 Å². The smallest absolute Gasteiger partial charge is 0.276 e. The van der Waals surface area contributed by atoms with Crippen LogP contribution in [0.4, 0.5) is 0 Å². The van der Waals surface area contributed by atoms with Crippen LogP contribution >= 0.6 is 0 Å². The summed E-state index contributed by atoms with van der Waals surface area (Å²) in [5.41, 5.74) is 8.94.